The van der Waals surface area contributed by atoms with E-state index in [0.29, 0.717) is 49.1 Å². The highest BCUT2D eigenvalue weighted by molar-refractivity contribution is 5.99. The minimum Gasteiger partial charge on any atom is -0.481 e. The minimum absolute atomic E-state index is 0.116. The third-order valence-electron chi connectivity index (χ3n) is 4.07. The molecular formula is C17H19N5O3. The molecule has 0 unspecified atom stereocenters. The van der Waals surface area contributed by atoms with E-state index >= 15 is 0 Å². The van der Waals surface area contributed by atoms with Gasteiger partial charge in [-0.2, -0.15) is 4.98 Å². The molecule has 1 aliphatic heterocycles. The Balaban J connectivity index is 1.66. The third-order valence-corrected chi connectivity index (χ3v) is 4.07. The Morgan fingerprint density at radius 2 is 1.84 bits per heavy atom. The number of carbonyl (C=O) groups is 2. The molecule has 0 bridgehead atoms. The first-order valence-corrected chi connectivity index (χ1v) is 7.89. The molecule has 1 aromatic carbocycles. The van der Waals surface area contributed by atoms with E-state index < -0.39 is 5.91 Å². The number of ether oxygens (including phenoxy) is 1. The van der Waals surface area contributed by atoms with E-state index in [1.165, 1.54) is 6.07 Å². The summed E-state index contributed by atoms with van der Waals surface area (Å²) in [5.74, 6) is 0.429. The topological polar surface area (TPSA) is 102 Å². The molecule has 2 aromatic rings. The van der Waals surface area contributed by atoms with Gasteiger partial charge in [-0.25, -0.2) is 4.98 Å². The maximum atomic E-state index is 12.6. The molecular weight excluding hydrogens is 322 g/mol. The first-order chi connectivity index (χ1) is 12.1. The van der Waals surface area contributed by atoms with Crippen LogP contribution in [0.15, 0.2) is 36.5 Å². The van der Waals surface area contributed by atoms with Crippen LogP contribution < -0.4 is 15.4 Å². The van der Waals surface area contributed by atoms with Crippen LogP contribution in [0.2, 0.25) is 0 Å². The predicted octanol–water partition coefficient (Wildman–Crippen LogP) is 0.546. The normalized spacial score (nSPS) is 14.3. The summed E-state index contributed by atoms with van der Waals surface area (Å²) in [6.45, 7) is 2.32. The van der Waals surface area contributed by atoms with Gasteiger partial charge in [0.25, 0.3) is 5.91 Å². The van der Waals surface area contributed by atoms with E-state index in [4.69, 9.17) is 10.5 Å². The molecule has 2 heterocycles. The number of nitrogens with zero attached hydrogens (tertiary/aromatic N) is 4. The van der Waals surface area contributed by atoms with Gasteiger partial charge in [0.05, 0.1) is 7.11 Å². The number of nitrogens with two attached hydrogens (primary N) is 1. The van der Waals surface area contributed by atoms with Crippen molar-refractivity contribution in [3.63, 3.8) is 0 Å². The standard InChI is InChI=1S/C17H19N5O3/c1-25-14-5-6-19-17(20-14)22-9-7-21(8-10-22)16(24)13-4-2-3-12(11-13)15(18)23/h2-6,11H,7-10H2,1H3,(H2,18,23). The van der Waals surface area contributed by atoms with Crippen LogP contribution in [0.4, 0.5) is 5.95 Å². The van der Waals surface area contributed by atoms with Crippen LogP contribution in [0.1, 0.15) is 20.7 Å². The molecule has 130 valence electrons. The molecule has 8 heteroatoms. The van der Waals surface area contributed by atoms with Crippen LogP contribution in [0.25, 0.3) is 0 Å². The maximum absolute atomic E-state index is 12.6. The van der Waals surface area contributed by atoms with E-state index in [-0.39, 0.29) is 5.91 Å². The molecule has 2 N–H and O–H groups in total. The van der Waals surface area contributed by atoms with E-state index in [9.17, 15) is 9.59 Å². The van der Waals surface area contributed by atoms with Crippen molar-refractivity contribution in [2.24, 2.45) is 5.73 Å². The van der Waals surface area contributed by atoms with Crippen LogP contribution in [-0.2, 0) is 0 Å². The third kappa shape index (κ3) is 3.68. The van der Waals surface area contributed by atoms with Crippen molar-refractivity contribution < 1.29 is 14.3 Å². The number of rotatable bonds is 4. The van der Waals surface area contributed by atoms with Crippen molar-refractivity contribution in [2.75, 3.05) is 38.2 Å². The zero-order valence-corrected chi connectivity index (χ0v) is 13.9. The summed E-state index contributed by atoms with van der Waals surface area (Å²) < 4.78 is 5.11. The molecule has 8 nitrogen and oxygen atoms in total. The molecule has 1 aromatic heterocycles. The van der Waals surface area contributed by atoms with Crippen LogP contribution in [0.5, 0.6) is 5.88 Å². The first-order valence-electron chi connectivity index (χ1n) is 7.89. The Morgan fingerprint density at radius 3 is 2.52 bits per heavy atom. The SMILES string of the molecule is COc1ccnc(N2CCN(C(=O)c3cccc(C(N)=O)c3)CC2)n1. The fraction of sp³-hybridized carbons (Fsp3) is 0.294. The molecule has 0 radical (unpaired) electrons. The van der Waals surface area contributed by atoms with Crippen molar-refractivity contribution in [1.29, 1.82) is 0 Å². The van der Waals surface area contributed by atoms with Gasteiger partial charge in [0.1, 0.15) is 0 Å². The van der Waals surface area contributed by atoms with Crippen molar-refractivity contribution in [1.82, 2.24) is 14.9 Å². The van der Waals surface area contributed by atoms with Gasteiger partial charge in [0.2, 0.25) is 17.7 Å². The van der Waals surface area contributed by atoms with Gasteiger partial charge in [-0.1, -0.05) is 6.07 Å². The van der Waals surface area contributed by atoms with Gasteiger partial charge in [0.15, 0.2) is 0 Å². The Hall–Kier alpha value is -3.16. The van der Waals surface area contributed by atoms with Crippen molar-refractivity contribution in [3.8, 4) is 5.88 Å². The summed E-state index contributed by atoms with van der Waals surface area (Å²) in [4.78, 5) is 36.2. The largest absolute Gasteiger partial charge is 0.481 e. The molecule has 3 rings (SSSR count). The van der Waals surface area contributed by atoms with E-state index in [2.05, 4.69) is 9.97 Å². The zero-order valence-electron chi connectivity index (χ0n) is 13.9. The van der Waals surface area contributed by atoms with Gasteiger partial charge in [-0.3, -0.25) is 9.59 Å². The lowest BCUT2D eigenvalue weighted by molar-refractivity contribution is 0.0746. The Bertz CT molecular complexity index is 787. The van der Waals surface area contributed by atoms with Crippen LogP contribution in [0, 0.1) is 0 Å². The lowest BCUT2D eigenvalue weighted by Gasteiger charge is -2.34. The second kappa shape index (κ2) is 7.16. The molecule has 25 heavy (non-hydrogen) atoms. The van der Waals surface area contributed by atoms with Crippen molar-refractivity contribution in [3.05, 3.63) is 47.7 Å². The highest BCUT2D eigenvalue weighted by atomic mass is 16.5. The van der Waals surface area contributed by atoms with E-state index in [0.717, 1.165) is 0 Å². The second-order valence-corrected chi connectivity index (χ2v) is 5.62. The summed E-state index contributed by atoms with van der Waals surface area (Å²) in [7, 11) is 1.56. The molecule has 0 saturated carbocycles. The lowest BCUT2D eigenvalue weighted by atomic mass is 10.1. The highest BCUT2D eigenvalue weighted by Gasteiger charge is 2.24. The molecule has 2 amide bonds. The van der Waals surface area contributed by atoms with Gasteiger partial charge in [0, 0.05) is 49.6 Å². The van der Waals surface area contributed by atoms with Gasteiger partial charge in [-0.05, 0) is 18.2 Å². The average Bonchev–Trinajstić information content (AvgIpc) is 2.67. The summed E-state index contributed by atoms with van der Waals surface area (Å²) in [6, 6.07) is 8.16. The highest BCUT2D eigenvalue weighted by Crippen LogP contribution is 2.16. The summed E-state index contributed by atoms with van der Waals surface area (Å²) >= 11 is 0. The maximum Gasteiger partial charge on any atom is 0.253 e. The number of hydrogen-bond acceptors (Lipinski definition) is 6. The van der Waals surface area contributed by atoms with Crippen LogP contribution in [0.3, 0.4) is 0 Å². The van der Waals surface area contributed by atoms with Crippen molar-refractivity contribution >= 4 is 17.8 Å². The summed E-state index contributed by atoms with van der Waals surface area (Å²) in [6.07, 6.45) is 1.65. The number of benzene rings is 1. The average molecular weight is 341 g/mol. The van der Waals surface area contributed by atoms with Gasteiger partial charge < -0.3 is 20.3 Å². The number of amides is 2. The van der Waals surface area contributed by atoms with E-state index in [1.54, 1.807) is 42.5 Å². The number of methoxy groups -OCH3 is 1. The molecule has 0 atom stereocenters. The van der Waals surface area contributed by atoms with Gasteiger partial charge >= 0.3 is 0 Å². The first kappa shape index (κ1) is 16.7. The Labute approximate surface area is 145 Å². The molecule has 1 fully saturated rings. The Kier molecular flexibility index (Phi) is 4.78. The molecule has 1 aliphatic rings. The summed E-state index contributed by atoms with van der Waals surface area (Å²) in [5.41, 5.74) is 6.06. The number of piperazine rings is 1. The quantitative estimate of drug-likeness (QED) is 0.871. The monoisotopic (exact) mass is 341 g/mol. The van der Waals surface area contributed by atoms with Crippen molar-refractivity contribution in [2.45, 2.75) is 0 Å². The minimum atomic E-state index is -0.547. The van der Waals surface area contributed by atoms with Crippen LogP contribution in [-0.4, -0.2) is 60.0 Å². The fourth-order valence-corrected chi connectivity index (χ4v) is 2.70. The summed E-state index contributed by atoms with van der Waals surface area (Å²) in [5, 5.41) is 0. The molecule has 0 aliphatic carbocycles. The number of anilines is 1. The second-order valence-electron chi connectivity index (χ2n) is 5.62. The molecule has 0 spiro atoms. The molecule has 1 saturated heterocycles. The zero-order chi connectivity index (χ0) is 17.8. The lowest BCUT2D eigenvalue weighted by Crippen LogP contribution is -2.49. The van der Waals surface area contributed by atoms with Crippen LogP contribution >= 0.6 is 0 Å². The van der Waals surface area contributed by atoms with E-state index in [1.807, 2.05) is 4.90 Å². The number of carbonyl (C=O) groups excluding carboxylic acids is 2. The van der Waals surface area contributed by atoms with Gasteiger partial charge in [-0.15, -0.1) is 0 Å². The number of aromatic nitrogens is 2. The fourth-order valence-electron chi connectivity index (χ4n) is 2.70. The smallest absolute Gasteiger partial charge is 0.253 e. The Morgan fingerprint density at radius 1 is 1.12 bits per heavy atom. The number of hydrogen-bond donors (Lipinski definition) is 1. The number of primary amides is 1. The predicted molar refractivity (Wildman–Crippen MR) is 91.7 cm³/mol.